The Morgan fingerprint density at radius 2 is 2.44 bits per heavy atom. The highest BCUT2D eigenvalue weighted by atomic mass is 32.2. The molecule has 0 rings (SSSR count). The van der Waals surface area contributed by atoms with Crippen LogP contribution in [0.25, 0.3) is 0 Å². The second kappa shape index (κ2) is 5.91. The maximum Gasteiger partial charge on any atom is 0.153 e. The monoisotopic (exact) mass is 148 g/mol. The molecule has 0 atom stereocenters. The number of nitrogens with zero attached hydrogens (tertiary/aromatic N) is 1. The minimum atomic E-state index is 0.226. The van der Waals surface area contributed by atoms with Crippen molar-refractivity contribution in [3.05, 3.63) is 0 Å². The van der Waals surface area contributed by atoms with Crippen LogP contribution in [-0.4, -0.2) is 29.7 Å². The standard InChI is InChI=1S/C5H12N2OS/c1-7-5(6)9-4-2-3-8/h8H,2-4H2,1H3,(H2,6,7). The van der Waals surface area contributed by atoms with Crippen LogP contribution in [0, 0.1) is 0 Å². The summed E-state index contributed by atoms with van der Waals surface area (Å²) in [6, 6.07) is 0. The van der Waals surface area contributed by atoms with Crippen molar-refractivity contribution in [2.45, 2.75) is 6.42 Å². The van der Waals surface area contributed by atoms with Crippen molar-refractivity contribution in [2.24, 2.45) is 10.7 Å². The lowest BCUT2D eigenvalue weighted by molar-refractivity contribution is 0.296. The van der Waals surface area contributed by atoms with Crippen molar-refractivity contribution in [1.29, 1.82) is 0 Å². The molecule has 0 bridgehead atoms. The molecule has 0 amide bonds. The largest absolute Gasteiger partial charge is 0.396 e. The van der Waals surface area contributed by atoms with Gasteiger partial charge in [0, 0.05) is 19.4 Å². The molecule has 0 radical (unpaired) electrons. The molecule has 54 valence electrons. The molecule has 0 aromatic heterocycles. The Bertz CT molecular complexity index is 95.0. The highest BCUT2D eigenvalue weighted by Crippen LogP contribution is 2.00. The van der Waals surface area contributed by atoms with E-state index in [-0.39, 0.29) is 6.61 Å². The molecule has 0 heterocycles. The quantitative estimate of drug-likeness (QED) is 0.338. The number of aliphatic hydroxyl groups is 1. The summed E-state index contributed by atoms with van der Waals surface area (Å²) in [5.41, 5.74) is 5.35. The van der Waals surface area contributed by atoms with Crippen LogP contribution >= 0.6 is 11.8 Å². The van der Waals surface area contributed by atoms with E-state index in [1.54, 1.807) is 7.05 Å². The van der Waals surface area contributed by atoms with Gasteiger partial charge >= 0.3 is 0 Å². The van der Waals surface area contributed by atoms with Crippen LogP contribution in [0.15, 0.2) is 4.99 Å². The molecule has 9 heavy (non-hydrogen) atoms. The van der Waals surface area contributed by atoms with Gasteiger partial charge in [-0.1, -0.05) is 11.8 Å². The first-order chi connectivity index (χ1) is 4.31. The summed E-state index contributed by atoms with van der Waals surface area (Å²) >= 11 is 1.47. The van der Waals surface area contributed by atoms with Gasteiger partial charge in [0.15, 0.2) is 5.17 Å². The number of rotatable bonds is 3. The molecule has 0 fully saturated rings. The molecule has 4 heteroatoms. The topological polar surface area (TPSA) is 58.6 Å². The zero-order chi connectivity index (χ0) is 7.11. The Hall–Kier alpha value is -0.220. The van der Waals surface area contributed by atoms with Crippen LogP contribution in [0.1, 0.15) is 6.42 Å². The summed E-state index contributed by atoms with van der Waals surface area (Å²) in [5.74, 6) is 0.847. The average Bonchev–Trinajstić information content (AvgIpc) is 1.89. The summed E-state index contributed by atoms with van der Waals surface area (Å²) in [4.78, 5) is 3.74. The van der Waals surface area contributed by atoms with E-state index >= 15 is 0 Å². The van der Waals surface area contributed by atoms with E-state index in [0.29, 0.717) is 5.17 Å². The first-order valence-corrected chi connectivity index (χ1v) is 3.75. The third-order valence-corrected chi connectivity index (χ3v) is 1.74. The Kier molecular flexibility index (Phi) is 5.76. The fourth-order valence-corrected chi connectivity index (χ4v) is 0.918. The fourth-order valence-electron chi connectivity index (χ4n) is 0.306. The number of aliphatic imine (C=N–C) groups is 1. The van der Waals surface area contributed by atoms with Crippen LogP contribution in [-0.2, 0) is 0 Å². The van der Waals surface area contributed by atoms with Crippen LogP contribution in [0.4, 0.5) is 0 Å². The summed E-state index contributed by atoms with van der Waals surface area (Å²) < 4.78 is 0. The second-order valence-corrected chi connectivity index (χ2v) is 2.60. The van der Waals surface area contributed by atoms with Gasteiger partial charge in [0.05, 0.1) is 0 Å². The Balaban J connectivity index is 3.07. The first kappa shape index (κ1) is 8.78. The van der Waals surface area contributed by atoms with Gasteiger partial charge in [0.25, 0.3) is 0 Å². The molecule has 0 aliphatic heterocycles. The third-order valence-electron chi connectivity index (χ3n) is 0.773. The number of amidine groups is 1. The van der Waals surface area contributed by atoms with E-state index in [1.165, 1.54) is 11.8 Å². The van der Waals surface area contributed by atoms with Gasteiger partial charge in [-0.25, -0.2) is 0 Å². The van der Waals surface area contributed by atoms with E-state index in [0.717, 1.165) is 12.2 Å². The lowest BCUT2D eigenvalue weighted by atomic mass is 10.5. The highest BCUT2D eigenvalue weighted by Gasteiger charge is 1.89. The second-order valence-electron chi connectivity index (χ2n) is 1.49. The molecular formula is C5H12N2OS. The zero-order valence-corrected chi connectivity index (χ0v) is 6.32. The zero-order valence-electron chi connectivity index (χ0n) is 5.50. The minimum Gasteiger partial charge on any atom is -0.396 e. The highest BCUT2D eigenvalue weighted by molar-refractivity contribution is 8.13. The molecule has 3 nitrogen and oxygen atoms in total. The maximum atomic E-state index is 8.36. The lowest BCUT2D eigenvalue weighted by Crippen LogP contribution is -2.06. The molecule has 0 saturated heterocycles. The summed E-state index contributed by atoms with van der Waals surface area (Å²) in [5, 5.41) is 8.94. The number of nitrogens with two attached hydrogens (primary N) is 1. The lowest BCUT2D eigenvalue weighted by Gasteiger charge is -1.95. The van der Waals surface area contributed by atoms with Crippen molar-refractivity contribution in [1.82, 2.24) is 0 Å². The van der Waals surface area contributed by atoms with Crippen LogP contribution < -0.4 is 5.73 Å². The molecular weight excluding hydrogens is 136 g/mol. The first-order valence-electron chi connectivity index (χ1n) is 2.77. The Morgan fingerprint density at radius 3 is 2.89 bits per heavy atom. The molecule has 0 aromatic rings. The van der Waals surface area contributed by atoms with Gasteiger partial charge in [-0.05, 0) is 6.42 Å². The van der Waals surface area contributed by atoms with Gasteiger partial charge in [-0.2, -0.15) is 0 Å². The number of hydrogen-bond donors (Lipinski definition) is 2. The smallest absolute Gasteiger partial charge is 0.153 e. The van der Waals surface area contributed by atoms with Crippen molar-refractivity contribution in [2.75, 3.05) is 19.4 Å². The molecule has 0 aliphatic carbocycles. The number of hydrogen-bond acceptors (Lipinski definition) is 3. The average molecular weight is 148 g/mol. The molecule has 0 spiro atoms. The van der Waals surface area contributed by atoms with E-state index in [1.807, 2.05) is 0 Å². The number of thioether (sulfide) groups is 1. The van der Waals surface area contributed by atoms with Crippen LogP contribution in [0.5, 0.6) is 0 Å². The Labute approximate surface area is 59.4 Å². The van der Waals surface area contributed by atoms with E-state index in [9.17, 15) is 0 Å². The van der Waals surface area contributed by atoms with Gasteiger partial charge in [-0.3, -0.25) is 4.99 Å². The molecule has 3 N–H and O–H groups in total. The summed E-state index contributed by atoms with van der Waals surface area (Å²) in [6.07, 6.45) is 0.779. The number of aliphatic hydroxyl groups excluding tert-OH is 1. The minimum absolute atomic E-state index is 0.226. The van der Waals surface area contributed by atoms with Crippen LogP contribution in [0.3, 0.4) is 0 Å². The summed E-state index contributed by atoms with van der Waals surface area (Å²) in [7, 11) is 1.65. The normalized spacial score (nSPS) is 12.0. The fraction of sp³-hybridized carbons (Fsp3) is 0.800. The molecule has 0 aliphatic rings. The van der Waals surface area contributed by atoms with Gasteiger partial charge in [0.2, 0.25) is 0 Å². The SMILES string of the molecule is CN=C(N)SCCCO. The Morgan fingerprint density at radius 1 is 1.78 bits per heavy atom. The predicted octanol–water partition coefficient (Wildman–Crippen LogP) is 0.0465. The van der Waals surface area contributed by atoms with Crippen LogP contribution in [0.2, 0.25) is 0 Å². The van der Waals surface area contributed by atoms with E-state index in [4.69, 9.17) is 10.8 Å². The van der Waals surface area contributed by atoms with Gasteiger partial charge in [-0.15, -0.1) is 0 Å². The third kappa shape index (κ3) is 5.65. The molecule has 0 saturated carbocycles. The van der Waals surface area contributed by atoms with Gasteiger partial charge < -0.3 is 10.8 Å². The predicted molar refractivity (Wildman–Crippen MR) is 41.7 cm³/mol. The molecule has 0 unspecified atom stereocenters. The van der Waals surface area contributed by atoms with E-state index < -0.39 is 0 Å². The summed E-state index contributed by atoms with van der Waals surface area (Å²) in [6.45, 7) is 0.226. The van der Waals surface area contributed by atoms with Crippen molar-refractivity contribution < 1.29 is 5.11 Å². The van der Waals surface area contributed by atoms with Crippen molar-refractivity contribution >= 4 is 16.9 Å². The maximum absolute atomic E-state index is 8.36. The molecule has 0 aromatic carbocycles. The van der Waals surface area contributed by atoms with Crippen molar-refractivity contribution in [3.63, 3.8) is 0 Å². The van der Waals surface area contributed by atoms with E-state index in [2.05, 4.69) is 4.99 Å². The van der Waals surface area contributed by atoms with Crippen molar-refractivity contribution in [3.8, 4) is 0 Å². The van der Waals surface area contributed by atoms with Gasteiger partial charge in [0.1, 0.15) is 0 Å².